The molecule has 0 saturated heterocycles. The Bertz CT molecular complexity index is 885. The number of para-hydroxylation sites is 1. The van der Waals surface area contributed by atoms with Gasteiger partial charge in [-0.15, -0.1) is 0 Å². The maximum Gasteiger partial charge on any atom is 0.260 e. The monoisotopic (exact) mass is 347 g/mol. The van der Waals surface area contributed by atoms with Crippen LogP contribution in [0, 0.1) is 0 Å². The third kappa shape index (κ3) is 3.77. The first-order valence-electron chi connectivity index (χ1n) is 8.92. The van der Waals surface area contributed by atoms with Crippen molar-refractivity contribution in [2.45, 2.75) is 31.9 Å². The molecule has 1 aliphatic rings. The average molecular weight is 347 g/mol. The molecule has 1 heterocycles. The number of aromatic nitrogens is 2. The number of carbonyl (C=O) groups excluding carboxylic acids is 1. The number of hydrogen-bond donors (Lipinski definition) is 1. The summed E-state index contributed by atoms with van der Waals surface area (Å²) >= 11 is 0. The van der Waals surface area contributed by atoms with Gasteiger partial charge in [-0.3, -0.25) is 9.48 Å². The SMILES string of the molecule is O=C(Nc1ccn(Cc2ccccc2)n1)c1ccccc1OC1CCC1. The summed E-state index contributed by atoms with van der Waals surface area (Å²) in [6.07, 6.45) is 5.39. The molecular formula is C21H21N3O2. The van der Waals surface area contributed by atoms with Crippen LogP contribution in [-0.4, -0.2) is 21.8 Å². The highest BCUT2D eigenvalue weighted by molar-refractivity contribution is 6.05. The van der Waals surface area contributed by atoms with Crippen molar-refractivity contribution in [1.29, 1.82) is 0 Å². The maximum absolute atomic E-state index is 12.6. The van der Waals surface area contributed by atoms with Crippen molar-refractivity contribution in [3.05, 3.63) is 78.0 Å². The molecule has 132 valence electrons. The zero-order chi connectivity index (χ0) is 17.8. The van der Waals surface area contributed by atoms with E-state index in [4.69, 9.17) is 4.74 Å². The second kappa shape index (κ2) is 7.44. The van der Waals surface area contributed by atoms with Gasteiger partial charge in [0.15, 0.2) is 5.82 Å². The van der Waals surface area contributed by atoms with Crippen LogP contribution in [0.4, 0.5) is 5.82 Å². The van der Waals surface area contributed by atoms with Crippen LogP contribution in [0.15, 0.2) is 66.9 Å². The Morgan fingerprint density at radius 1 is 1.08 bits per heavy atom. The molecule has 2 aromatic carbocycles. The third-order valence-corrected chi connectivity index (χ3v) is 4.55. The number of ether oxygens (including phenoxy) is 1. The summed E-state index contributed by atoms with van der Waals surface area (Å²) in [6.45, 7) is 0.665. The Morgan fingerprint density at radius 3 is 2.62 bits per heavy atom. The molecule has 5 heteroatoms. The highest BCUT2D eigenvalue weighted by atomic mass is 16.5. The fourth-order valence-corrected chi connectivity index (χ4v) is 2.90. The number of nitrogens with one attached hydrogen (secondary N) is 1. The number of nitrogens with zero attached hydrogens (tertiary/aromatic N) is 2. The van der Waals surface area contributed by atoms with Gasteiger partial charge < -0.3 is 10.1 Å². The Balaban J connectivity index is 1.44. The second-order valence-corrected chi connectivity index (χ2v) is 6.51. The van der Waals surface area contributed by atoms with E-state index >= 15 is 0 Å². The molecule has 1 N–H and O–H groups in total. The molecule has 0 radical (unpaired) electrons. The molecule has 26 heavy (non-hydrogen) atoms. The van der Waals surface area contributed by atoms with E-state index in [1.807, 2.05) is 59.4 Å². The molecule has 1 amide bonds. The minimum atomic E-state index is -0.204. The number of anilines is 1. The lowest BCUT2D eigenvalue weighted by atomic mass is 9.96. The van der Waals surface area contributed by atoms with Gasteiger partial charge >= 0.3 is 0 Å². The summed E-state index contributed by atoms with van der Waals surface area (Å²) in [5.41, 5.74) is 1.70. The van der Waals surface area contributed by atoms with Crippen LogP contribution in [0.2, 0.25) is 0 Å². The standard InChI is InChI=1S/C21H21N3O2/c25-21(18-11-4-5-12-19(18)26-17-9-6-10-17)22-20-13-14-24(23-20)15-16-7-2-1-3-8-16/h1-5,7-8,11-14,17H,6,9-10,15H2,(H,22,23,25). The lowest BCUT2D eigenvalue weighted by Crippen LogP contribution is -2.26. The zero-order valence-electron chi connectivity index (χ0n) is 14.5. The third-order valence-electron chi connectivity index (χ3n) is 4.55. The summed E-state index contributed by atoms with van der Waals surface area (Å²) < 4.78 is 7.75. The van der Waals surface area contributed by atoms with Gasteiger partial charge in [0.05, 0.1) is 18.2 Å². The van der Waals surface area contributed by atoms with Gasteiger partial charge in [-0.2, -0.15) is 5.10 Å². The first-order chi connectivity index (χ1) is 12.8. The van der Waals surface area contributed by atoms with Gasteiger partial charge in [-0.25, -0.2) is 0 Å². The smallest absolute Gasteiger partial charge is 0.260 e. The quantitative estimate of drug-likeness (QED) is 0.730. The lowest BCUT2D eigenvalue weighted by Gasteiger charge is -2.27. The predicted octanol–water partition coefficient (Wildman–Crippen LogP) is 4.12. The van der Waals surface area contributed by atoms with Crippen LogP contribution < -0.4 is 10.1 Å². The number of carbonyl (C=O) groups is 1. The molecule has 1 aliphatic carbocycles. The molecule has 1 fully saturated rings. The van der Waals surface area contributed by atoms with E-state index in [1.165, 1.54) is 6.42 Å². The highest BCUT2D eigenvalue weighted by Crippen LogP contribution is 2.28. The van der Waals surface area contributed by atoms with Gasteiger partial charge in [0.1, 0.15) is 5.75 Å². The predicted molar refractivity (Wildman–Crippen MR) is 100 cm³/mol. The normalized spacial score (nSPS) is 13.8. The molecule has 0 spiro atoms. The minimum absolute atomic E-state index is 0.204. The Labute approximate surface area is 152 Å². The van der Waals surface area contributed by atoms with Gasteiger partial charge in [0.25, 0.3) is 5.91 Å². The maximum atomic E-state index is 12.6. The van der Waals surface area contributed by atoms with Crippen LogP contribution in [0.25, 0.3) is 0 Å². The van der Waals surface area contributed by atoms with E-state index in [1.54, 1.807) is 12.1 Å². The molecule has 4 rings (SSSR count). The molecule has 0 bridgehead atoms. The Kier molecular flexibility index (Phi) is 4.69. The fraction of sp³-hybridized carbons (Fsp3) is 0.238. The Hall–Kier alpha value is -3.08. The second-order valence-electron chi connectivity index (χ2n) is 6.51. The molecule has 3 aromatic rings. The largest absolute Gasteiger partial charge is 0.490 e. The summed E-state index contributed by atoms with van der Waals surface area (Å²) in [7, 11) is 0. The van der Waals surface area contributed by atoms with E-state index < -0.39 is 0 Å². The Morgan fingerprint density at radius 2 is 1.85 bits per heavy atom. The van der Waals surface area contributed by atoms with Crippen LogP contribution in [-0.2, 0) is 6.54 Å². The van der Waals surface area contributed by atoms with Crippen molar-refractivity contribution in [3.63, 3.8) is 0 Å². The number of amides is 1. The van der Waals surface area contributed by atoms with Crippen molar-refractivity contribution in [2.24, 2.45) is 0 Å². The summed E-state index contributed by atoms with van der Waals surface area (Å²) in [6, 6.07) is 19.3. The van der Waals surface area contributed by atoms with Crippen molar-refractivity contribution in [1.82, 2.24) is 9.78 Å². The summed E-state index contributed by atoms with van der Waals surface area (Å²) in [5.74, 6) is 0.965. The van der Waals surface area contributed by atoms with Crippen molar-refractivity contribution < 1.29 is 9.53 Å². The topological polar surface area (TPSA) is 56.2 Å². The van der Waals surface area contributed by atoms with Crippen LogP contribution in [0.3, 0.4) is 0 Å². The molecule has 5 nitrogen and oxygen atoms in total. The van der Waals surface area contributed by atoms with Gasteiger partial charge in [0.2, 0.25) is 0 Å². The zero-order valence-corrected chi connectivity index (χ0v) is 14.5. The van der Waals surface area contributed by atoms with Crippen molar-refractivity contribution in [2.75, 3.05) is 5.32 Å². The molecule has 1 aromatic heterocycles. The molecule has 0 aliphatic heterocycles. The van der Waals surface area contributed by atoms with Crippen LogP contribution in [0.5, 0.6) is 5.75 Å². The first kappa shape index (κ1) is 16.4. The van der Waals surface area contributed by atoms with E-state index in [0.717, 1.165) is 18.4 Å². The number of hydrogen-bond acceptors (Lipinski definition) is 3. The molecule has 0 atom stereocenters. The van der Waals surface area contributed by atoms with Crippen molar-refractivity contribution in [3.8, 4) is 5.75 Å². The molecule has 0 unspecified atom stereocenters. The average Bonchev–Trinajstić information content (AvgIpc) is 3.06. The lowest BCUT2D eigenvalue weighted by molar-refractivity contribution is 0.0991. The fourth-order valence-electron chi connectivity index (χ4n) is 2.90. The van der Waals surface area contributed by atoms with E-state index in [-0.39, 0.29) is 12.0 Å². The highest BCUT2D eigenvalue weighted by Gasteiger charge is 2.22. The number of benzene rings is 2. The van der Waals surface area contributed by atoms with E-state index in [0.29, 0.717) is 23.7 Å². The number of rotatable bonds is 6. The van der Waals surface area contributed by atoms with Crippen LogP contribution in [0.1, 0.15) is 35.2 Å². The van der Waals surface area contributed by atoms with Gasteiger partial charge in [-0.1, -0.05) is 42.5 Å². The minimum Gasteiger partial charge on any atom is -0.490 e. The van der Waals surface area contributed by atoms with Gasteiger partial charge in [0, 0.05) is 12.3 Å². The van der Waals surface area contributed by atoms with Crippen molar-refractivity contribution >= 4 is 11.7 Å². The summed E-state index contributed by atoms with van der Waals surface area (Å²) in [4.78, 5) is 12.6. The van der Waals surface area contributed by atoms with E-state index in [9.17, 15) is 4.79 Å². The first-order valence-corrected chi connectivity index (χ1v) is 8.92. The van der Waals surface area contributed by atoms with Crippen LogP contribution >= 0.6 is 0 Å². The van der Waals surface area contributed by atoms with E-state index in [2.05, 4.69) is 10.4 Å². The summed E-state index contributed by atoms with van der Waals surface area (Å²) in [5, 5.41) is 7.30. The molecule has 1 saturated carbocycles. The van der Waals surface area contributed by atoms with Gasteiger partial charge in [-0.05, 0) is 37.0 Å². The molecular weight excluding hydrogens is 326 g/mol.